The third-order valence-electron chi connectivity index (χ3n) is 4.97. The van der Waals surface area contributed by atoms with Crippen molar-refractivity contribution >= 4 is 5.57 Å². The van der Waals surface area contributed by atoms with Gasteiger partial charge in [-0.1, -0.05) is 33.8 Å². The van der Waals surface area contributed by atoms with Crippen LogP contribution < -0.4 is 0 Å². The molecule has 0 radical (unpaired) electrons. The van der Waals surface area contributed by atoms with E-state index in [2.05, 4.69) is 72.7 Å². The maximum Gasteiger partial charge on any atom is 0.0426 e. The Morgan fingerprint density at radius 3 is 2.24 bits per heavy atom. The highest BCUT2D eigenvalue weighted by Crippen LogP contribution is 2.41. The molecule has 0 aliphatic carbocycles. The fourth-order valence-electron chi connectivity index (χ4n) is 3.41. The summed E-state index contributed by atoms with van der Waals surface area (Å²) < 4.78 is 0. The van der Waals surface area contributed by atoms with Crippen LogP contribution in [0.15, 0.2) is 12.3 Å². The maximum atomic E-state index is 4.71. The second kappa shape index (κ2) is 5.92. The molecule has 2 nitrogen and oxygen atoms in total. The lowest BCUT2D eigenvalue weighted by Crippen LogP contribution is -2.30. The van der Waals surface area contributed by atoms with Gasteiger partial charge in [0.25, 0.3) is 0 Å². The number of likely N-dealkylation sites (N-methyl/N-ethyl adjacent to an activating group) is 1. The summed E-state index contributed by atoms with van der Waals surface area (Å²) in [7, 11) is 2.22. The molecule has 1 aromatic heterocycles. The highest BCUT2D eigenvalue weighted by atomic mass is 15.2. The molecule has 0 unspecified atom stereocenters. The van der Waals surface area contributed by atoms with Gasteiger partial charge in [0.15, 0.2) is 0 Å². The van der Waals surface area contributed by atoms with E-state index in [-0.39, 0.29) is 0 Å². The van der Waals surface area contributed by atoms with Gasteiger partial charge in [-0.2, -0.15) is 0 Å². The van der Waals surface area contributed by atoms with Crippen molar-refractivity contribution in [3.63, 3.8) is 0 Å². The number of pyridine rings is 1. The van der Waals surface area contributed by atoms with Crippen LogP contribution in [-0.2, 0) is 0 Å². The molecule has 21 heavy (non-hydrogen) atoms. The average Bonchev–Trinajstić information content (AvgIpc) is 2.50. The Morgan fingerprint density at radius 2 is 1.71 bits per heavy atom. The van der Waals surface area contributed by atoms with E-state index in [0.29, 0.717) is 23.9 Å². The minimum absolute atomic E-state index is 0.397. The van der Waals surface area contributed by atoms with E-state index in [1.54, 1.807) is 0 Å². The first-order valence-electron chi connectivity index (χ1n) is 8.19. The van der Waals surface area contributed by atoms with Crippen LogP contribution >= 0.6 is 0 Å². The van der Waals surface area contributed by atoms with Crippen LogP contribution in [0.1, 0.15) is 75.9 Å². The van der Waals surface area contributed by atoms with Crippen molar-refractivity contribution < 1.29 is 0 Å². The van der Waals surface area contributed by atoms with Gasteiger partial charge in [-0.25, -0.2) is 0 Å². The zero-order chi connectivity index (χ0) is 15.9. The second-order valence-corrected chi connectivity index (χ2v) is 7.10. The van der Waals surface area contributed by atoms with Gasteiger partial charge >= 0.3 is 0 Å². The average molecular weight is 286 g/mol. The van der Waals surface area contributed by atoms with Gasteiger partial charge in [-0.15, -0.1) is 0 Å². The van der Waals surface area contributed by atoms with Crippen molar-refractivity contribution in [2.24, 2.45) is 5.92 Å². The summed E-state index contributed by atoms with van der Waals surface area (Å²) in [4.78, 5) is 7.16. The molecule has 2 rings (SSSR count). The van der Waals surface area contributed by atoms with E-state index >= 15 is 0 Å². The summed E-state index contributed by atoms with van der Waals surface area (Å²) >= 11 is 0. The van der Waals surface area contributed by atoms with Gasteiger partial charge in [-0.05, 0) is 61.9 Å². The molecule has 2 heteroatoms. The van der Waals surface area contributed by atoms with E-state index in [4.69, 9.17) is 4.98 Å². The number of rotatable bonds is 2. The number of hydrogen-bond acceptors (Lipinski definition) is 2. The number of hydrogen-bond donors (Lipinski definition) is 0. The summed E-state index contributed by atoms with van der Waals surface area (Å²) in [5.41, 5.74) is 6.95. The summed E-state index contributed by atoms with van der Waals surface area (Å²) in [6.07, 6.45) is 4.55. The lowest BCUT2D eigenvalue weighted by Gasteiger charge is -2.29. The normalized spacial score (nSPS) is 23.2. The van der Waals surface area contributed by atoms with Crippen LogP contribution in [0.5, 0.6) is 0 Å². The fourth-order valence-corrected chi connectivity index (χ4v) is 3.41. The number of aryl methyl sites for hydroxylation is 1. The van der Waals surface area contributed by atoms with Crippen molar-refractivity contribution in [1.82, 2.24) is 9.88 Å². The third kappa shape index (κ3) is 2.78. The molecule has 0 bridgehead atoms. The number of allylic oxidation sites excluding steroid dienone is 1. The maximum absolute atomic E-state index is 4.71. The molecule has 0 saturated heterocycles. The van der Waals surface area contributed by atoms with E-state index in [9.17, 15) is 0 Å². The van der Waals surface area contributed by atoms with Crippen molar-refractivity contribution in [3.05, 3.63) is 34.7 Å². The van der Waals surface area contributed by atoms with E-state index in [1.165, 1.54) is 28.0 Å². The van der Waals surface area contributed by atoms with Gasteiger partial charge in [0.1, 0.15) is 0 Å². The number of aromatic nitrogens is 1. The Hall–Kier alpha value is -1.15. The third-order valence-corrected chi connectivity index (χ3v) is 4.97. The molecule has 0 fully saturated rings. The topological polar surface area (TPSA) is 16.1 Å². The van der Waals surface area contributed by atoms with Crippen LogP contribution in [-0.4, -0.2) is 23.0 Å². The minimum atomic E-state index is 0.397. The van der Waals surface area contributed by atoms with Crippen molar-refractivity contribution in [2.45, 2.75) is 66.5 Å². The standard InChI is InChI=1S/C19H30N2/c1-11(2)16-9-13(5)21(8)15(7)18-14(6)20-10-17(12(3)4)19(16)18/h9-13,15H,1-8H3/t13-,15+/m1/s1. The largest absolute Gasteiger partial charge is 0.293 e. The van der Waals surface area contributed by atoms with Crippen molar-refractivity contribution in [1.29, 1.82) is 0 Å². The Kier molecular flexibility index (Phi) is 4.57. The first-order chi connectivity index (χ1) is 9.75. The SMILES string of the molecule is Cc1ncc(C(C)C)c2c1[C@H](C)N(C)[C@H](C)C=C2C(C)C. The highest BCUT2D eigenvalue weighted by molar-refractivity contribution is 5.74. The Morgan fingerprint density at radius 1 is 1.10 bits per heavy atom. The molecule has 2 atom stereocenters. The minimum Gasteiger partial charge on any atom is -0.293 e. The summed E-state index contributed by atoms with van der Waals surface area (Å²) in [5, 5.41) is 0. The van der Waals surface area contributed by atoms with E-state index in [0.717, 1.165) is 0 Å². The lowest BCUT2D eigenvalue weighted by atomic mass is 9.83. The molecule has 0 aromatic carbocycles. The van der Waals surface area contributed by atoms with Gasteiger partial charge < -0.3 is 0 Å². The van der Waals surface area contributed by atoms with E-state index < -0.39 is 0 Å². The van der Waals surface area contributed by atoms with Crippen LogP contribution in [0.4, 0.5) is 0 Å². The predicted octanol–water partition coefficient (Wildman–Crippen LogP) is 4.95. The summed E-state index contributed by atoms with van der Waals surface area (Å²) in [5.74, 6) is 1.03. The molecule has 0 saturated carbocycles. The van der Waals surface area contributed by atoms with Crippen LogP contribution in [0.2, 0.25) is 0 Å². The fraction of sp³-hybridized carbons (Fsp3) is 0.632. The zero-order valence-corrected chi connectivity index (χ0v) is 14.9. The van der Waals surface area contributed by atoms with Gasteiger partial charge in [-0.3, -0.25) is 9.88 Å². The molecule has 1 aliphatic heterocycles. The first-order valence-corrected chi connectivity index (χ1v) is 8.19. The Labute approximate surface area is 130 Å². The van der Waals surface area contributed by atoms with Crippen molar-refractivity contribution in [3.8, 4) is 0 Å². The van der Waals surface area contributed by atoms with Gasteiger partial charge in [0.05, 0.1) is 0 Å². The summed E-state index contributed by atoms with van der Waals surface area (Å²) in [6.45, 7) is 15.9. The molecule has 0 spiro atoms. The van der Waals surface area contributed by atoms with Crippen LogP contribution in [0.3, 0.4) is 0 Å². The first kappa shape index (κ1) is 16.2. The number of nitrogens with zero attached hydrogens (tertiary/aromatic N) is 2. The van der Waals surface area contributed by atoms with Gasteiger partial charge in [0.2, 0.25) is 0 Å². The molecular formula is C19H30N2. The summed E-state index contributed by atoms with van der Waals surface area (Å²) in [6, 6.07) is 0.845. The second-order valence-electron chi connectivity index (χ2n) is 7.10. The Balaban J connectivity index is 2.83. The van der Waals surface area contributed by atoms with E-state index in [1.807, 2.05) is 0 Å². The highest BCUT2D eigenvalue weighted by Gasteiger charge is 2.29. The molecule has 0 amide bonds. The molecule has 1 aromatic rings. The predicted molar refractivity (Wildman–Crippen MR) is 91.5 cm³/mol. The quantitative estimate of drug-likeness (QED) is 0.765. The van der Waals surface area contributed by atoms with Crippen LogP contribution in [0.25, 0.3) is 5.57 Å². The molecular weight excluding hydrogens is 256 g/mol. The molecule has 116 valence electrons. The van der Waals surface area contributed by atoms with Gasteiger partial charge in [0, 0.05) is 24.0 Å². The van der Waals surface area contributed by atoms with Crippen molar-refractivity contribution in [2.75, 3.05) is 7.05 Å². The smallest absolute Gasteiger partial charge is 0.0426 e. The zero-order valence-electron chi connectivity index (χ0n) is 14.9. The molecule has 1 aliphatic rings. The monoisotopic (exact) mass is 286 g/mol. The molecule has 0 N–H and O–H groups in total. The Bertz CT molecular complexity index is 555. The number of fused-ring (bicyclic) bond motifs is 1. The molecule has 2 heterocycles. The lowest BCUT2D eigenvalue weighted by molar-refractivity contribution is 0.230. The van der Waals surface area contributed by atoms with Crippen LogP contribution in [0, 0.1) is 12.8 Å².